The van der Waals surface area contributed by atoms with Crippen LogP contribution in [-0.4, -0.2) is 23.0 Å². The number of amides is 1. The Kier molecular flexibility index (Phi) is 7.01. The van der Waals surface area contributed by atoms with Gasteiger partial charge in [0, 0.05) is 11.6 Å². The number of carbonyl (C=O) groups excluding carboxylic acids is 1. The number of carbonyl (C=O) groups is 2. The van der Waals surface area contributed by atoms with Crippen molar-refractivity contribution in [2.45, 2.75) is 64.8 Å². The molecular weight excluding hydrogens is 458 g/mol. The fourth-order valence-electron chi connectivity index (χ4n) is 5.74. The zero-order chi connectivity index (χ0) is 26.1. The van der Waals surface area contributed by atoms with Crippen LogP contribution in [-0.2, 0) is 6.42 Å². The first-order valence-electron chi connectivity index (χ1n) is 13.3. The van der Waals surface area contributed by atoms with Crippen molar-refractivity contribution in [1.29, 1.82) is 0 Å². The van der Waals surface area contributed by atoms with Gasteiger partial charge < -0.3 is 10.4 Å². The molecule has 0 radical (unpaired) electrons. The van der Waals surface area contributed by atoms with E-state index >= 15 is 0 Å². The third-order valence-electron chi connectivity index (χ3n) is 8.49. The lowest BCUT2D eigenvalue weighted by Crippen LogP contribution is -2.39. The summed E-state index contributed by atoms with van der Waals surface area (Å²) in [7, 11) is 0. The molecule has 37 heavy (non-hydrogen) atoms. The van der Waals surface area contributed by atoms with Crippen molar-refractivity contribution < 1.29 is 14.7 Å². The molecule has 2 unspecified atom stereocenters. The Hall–Kier alpha value is -3.66. The quantitative estimate of drug-likeness (QED) is 0.374. The van der Waals surface area contributed by atoms with Crippen LogP contribution in [0.25, 0.3) is 16.7 Å². The summed E-state index contributed by atoms with van der Waals surface area (Å²) in [5.41, 5.74) is 9.15. The molecule has 4 heteroatoms. The van der Waals surface area contributed by atoms with E-state index in [9.17, 15) is 14.7 Å². The summed E-state index contributed by atoms with van der Waals surface area (Å²) < 4.78 is 0. The molecular formula is C33H35NO3. The van der Waals surface area contributed by atoms with Crippen LogP contribution in [0, 0.1) is 5.92 Å². The lowest BCUT2D eigenvalue weighted by molar-refractivity contribution is 0.0697. The Morgan fingerprint density at radius 3 is 2.35 bits per heavy atom. The molecule has 0 heterocycles. The predicted molar refractivity (Wildman–Crippen MR) is 149 cm³/mol. The van der Waals surface area contributed by atoms with E-state index in [1.807, 2.05) is 30.3 Å². The number of aromatic carboxylic acids is 1. The lowest BCUT2D eigenvalue weighted by atomic mass is 9.80. The van der Waals surface area contributed by atoms with Gasteiger partial charge in [-0.15, -0.1) is 0 Å². The summed E-state index contributed by atoms with van der Waals surface area (Å²) in [5.74, 6) is -0.0931. The number of rotatable bonds is 6. The maximum atomic E-state index is 12.8. The Morgan fingerprint density at radius 1 is 0.946 bits per heavy atom. The molecule has 0 bridgehead atoms. The topological polar surface area (TPSA) is 66.4 Å². The van der Waals surface area contributed by atoms with E-state index in [1.165, 1.54) is 34.3 Å². The number of benzene rings is 3. The highest BCUT2D eigenvalue weighted by atomic mass is 16.4. The first-order chi connectivity index (χ1) is 17.8. The Labute approximate surface area is 219 Å². The highest BCUT2D eigenvalue weighted by molar-refractivity contribution is 5.96. The maximum absolute atomic E-state index is 12.8. The zero-order valence-corrected chi connectivity index (χ0v) is 21.9. The molecule has 2 atom stereocenters. The van der Waals surface area contributed by atoms with Crippen LogP contribution >= 0.6 is 0 Å². The molecule has 2 aliphatic carbocycles. The Balaban J connectivity index is 1.37. The third kappa shape index (κ3) is 5.11. The minimum atomic E-state index is -0.910. The predicted octanol–water partition coefficient (Wildman–Crippen LogP) is 7.49. The third-order valence-corrected chi connectivity index (χ3v) is 8.49. The molecule has 1 saturated carbocycles. The van der Waals surface area contributed by atoms with Gasteiger partial charge in [0.2, 0.25) is 0 Å². The van der Waals surface area contributed by atoms with Gasteiger partial charge in [0.15, 0.2) is 0 Å². The monoisotopic (exact) mass is 493 g/mol. The van der Waals surface area contributed by atoms with Crippen molar-refractivity contribution >= 4 is 17.4 Å². The van der Waals surface area contributed by atoms with Gasteiger partial charge in [-0.05, 0) is 109 Å². The number of hydrogen-bond donors (Lipinski definition) is 2. The second-order valence-electron chi connectivity index (χ2n) is 10.8. The number of carboxylic acid groups (broad SMARTS) is 1. The molecule has 2 aliphatic rings. The standard InChI is InChI=1S/C33H35NO3/c1-20-17-26(18-23-11-13-24(14-12-23)29-9-4-5-10-30(29)33(36)37)22(3)28-16-15-25(19-31(28)21(20)2)32(35)34-27-7-6-8-27/h4-5,9-16,19,22,26-27H,6-8,17-18H2,1-3H3,(H,34,35)(H,36,37). The first kappa shape index (κ1) is 25.0. The van der Waals surface area contributed by atoms with Gasteiger partial charge in [-0.3, -0.25) is 4.79 Å². The number of carboxylic acids is 1. The van der Waals surface area contributed by atoms with Crippen LogP contribution in [0.15, 0.2) is 72.3 Å². The summed E-state index contributed by atoms with van der Waals surface area (Å²) in [6, 6.07) is 22.1. The van der Waals surface area contributed by atoms with Gasteiger partial charge in [-0.1, -0.05) is 61.0 Å². The molecule has 5 rings (SSSR count). The van der Waals surface area contributed by atoms with Crippen LogP contribution < -0.4 is 5.32 Å². The summed E-state index contributed by atoms with van der Waals surface area (Å²) in [5, 5.41) is 12.7. The summed E-state index contributed by atoms with van der Waals surface area (Å²) in [4.78, 5) is 24.5. The Morgan fingerprint density at radius 2 is 1.68 bits per heavy atom. The van der Waals surface area contributed by atoms with Crippen molar-refractivity contribution in [2.24, 2.45) is 5.92 Å². The van der Waals surface area contributed by atoms with Gasteiger partial charge in [-0.25, -0.2) is 4.79 Å². The molecule has 1 amide bonds. The van der Waals surface area contributed by atoms with Crippen LogP contribution in [0.2, 0.25) is 0 Å². The number of hydrogen-bond acceptors (Lipinski definition) is 2. The molecule has 0 spiro atoms. The molecule has 0 aromatic heterocycles. The van der Waals surface area contributed by atoms with Gasteiger partial charge in [-0.2, -0.15) is 0 Å². The van der Waals surface area contributed by atoms with Crippen molar-refractivity contribution in [2.75, 3.05) is 0 Å². The SMILES string of the molecule is CC1=C(C)c2cc(C(=O)NC3CCC3)ccc2C(C)C(Cc2ccc(-c3ccccc3C(=O)O)cc2)C1. The van der Waals surface area contributed by atoms with E-state index in [0.717, 1.165) is 42.4 Å². The summed E-state index contributed by atoms with van der Waals surface area (Å²) >= 11 is 0. The summed E-state index contributed by atoms with van der Waals surface area (Å²) in [6.45, 7) is 6.71. The highest BCUT2D eigenvalue weighted by Crippen LogP contribution is 2.41. The smallest absolute Gasteiger partial charge is 0.336 e. The second kappa shape index (κ2) is 10.4. The average molecular weight is 494 g/mol. The van der Waals surface area contributed by atoms with Crippen LogP contribution in [0.1, 0.15) is 89.8 Å². The van der Waals surface area contributed by atoms with E-state index in [-0.39, 0.29) is 5.91 Å². The van der Waals surface area contributed by atoms with Gasteiger partial charge >= 0.3 is 5.97 Å². The molecule has 3 aromatic carbocycles. The van der Waals surface area contributed by atoms with E-state index in [4.69, 9.17) is 0 Å². The molecule has 4 nitrogen and oxygen atoms in total. The van der Waals surface area contributed by atoms with Crippen LogP contribution in [0.3, 0.4) is 0 Å². The van der Waals surface area contributed by atoms with E-state index in [0.29, 0.717) is 23.4 Å². The van der Waals surface area contributed by atoms with Crippen LogP contribution in [0.4, 0.5) is 0 Å². The maximum Gasteiger partial charge on any atom is 0.336 e. The molecule has 0 aliphatic heterocycles. The normalized spacial score (nSPS) is 19.5. The highest BCUT2D eigenvalue weighted by Gasteiger charge is 2.28. The molecule has 2 N–H and O–H groups in total. The molecule has 190 valence electrons. The lowest BCUT2D eigenvalue weighted by Gasteiger charge is -2.27. The Bertz CT molecular complexity index is 1360. The molecule has 3 aromatic rings. The average Bonchev–Trinajstić information content (AvgIpc) is 2.97. The second-order valence-corrected chi connectivity index (χ2v) is 10.8. The summed E-state index contributed by atoms with van der Waals surface area (Å²) in [6.07, 6.45) is 5.32. The van der Waals surface area contributed by atoms with Crippen molar-refractivity contribution in [3.8, 4) is 11.1 Å². The van der Waals surface area contributed by atoms with Gasteiger partial charge in [0.05, 0.1) is 5.56 Å². The van der Waals surface area contributed by atoms with Crippen molar-refractivity contribution in [3.63, 3.8) is 0 Å². The minimum Gasteiger partial charge on any atom is -0.478 e. The number of allylic oxidation sites excluding steroid dienone is 2. The van der Waals surface area contributed by atoms with Crippen LogP contribution in [0.5, 0.6) is 0 Å². The van der Waals surface area contributed by atoms with Crippen molar-refractivity contribution in [1.82, 2.24) is 5.32 Å². The largest absolute Gasteiger partial charge is 0.478 e. The first-order valence-corrected chi connectivity index (χ1v) is 13.3. The van der Waals surface area contributed by atoms with Gasteiger partial charge in [0.1, 0.15) is 0 Å². The van der Waals surface area contributed by atoms with Gasteiger partial charge in [0.25, 0.3) is 5.91 Å². The van der Waals surface area contributed by atoms with E-state index < -0.39 is 5.97 Å². The number of fused-ring (bicyclic) bond motifs is 1. The van der Waals surface area contributed by atoms with Crippen molar-refractivity contribution in [3.05, 3.63) is 100 Å². The number of nitrogens with one attached hydrogen (secondary N) is 1. The molecule has 1 fully saturated rings. The van der Waals surface area contributed by atoms with E-state index in [1.54, 1.807) is 12.1 Å². The fraction of sp³-hybridized carbons (Fsp3) is 0.333. The van der Waals surface area contributed by atoms with E-state index in [2.05, 4.69) is 50.4 Å². The minimum absolute atomic E-state index is 0.0379. The fourth-order valence-corrected chi connectivity index (χ4v) is 5.74. The zero-order valence-electron chi connectivity index (χ0n) is 21.9. The molecule has 0 saturated heterocycles.